The molecule has 0 aromatic heterocycles. The molecule has 5 rings (SSSR count). The Bertz CT molecular complexity index is 952. The summed E-state index contributed by atoms with van der Waals surface area (Å²) < 4.78 is 5.37. The SMILES string of the molecule is CC1(C2CCN(C(=O)C3(c4ccc(Cl)cc4)CC3)CC2)NC(=O)N(CCN2CCOCC2)C1=O. The number of imide groups is 1. The highest BCUT2D eigenvalue weighted by atomic mass is 35.5. The van der Waals surface area contributed by atoms with E-state index in [1.165, 1.54) is 4.90 Å². The van der Waals surface area contributed by atoms with Gasteiger partial charge in [0.1, 0.15) is 5.54 Å². The monoisotopic (exact) mass is 488 g/mol. The second kappa shape index (κ2) is 9.13. The first-order valence-electron chi connectivity index (χ1n) is 12.3. The van der Waals surface area contributed by atoms with Gasteiger partial charge in [-0.3, -0.25) is 19.4 Å². The molecule has 1 saturated carbocycles. The summed E-state index contributed by atoms with van der Waals surface area (Å²) in [6.07, 6.45) is 3.11. The molecule has 4 amide bonds. The molecule has 1 aromatic rings. The summed E-state index contributed by atoms with van der Waals surface area (Å²) >= 11 is 6.03. The lowest BCUT2D eigenvalue weighted by atomic mass is 9.78. The molecule has 3 heterocycles. The molecule has 1 unspecified atom stereocenters. The van der Waals surface area contributed by atoms with Crippen molar-refractivity contribution in [3.63, 3.8) is 0 Å². The molecule has 4 aliphatic rings. The van der Waals surface area contributed by atoms with E-state index >= 15 is 0 Å². The number of likely N-dealkylation sites (tertiary alicyclic amines) is 1. The zero-order chi connectivity index (χ0) is 23.9. The van der Waals surface area contributed by atoms with Gasteiger partial charge in [0.05, 0.1) is 18.6 Å². The van der Waals surface area contributed by atoms with Gasteiger partial charge < -0.3 is 15.0 Å². The molecular weight excluding hydrogens is 456 g/mol. The Morgan fingerprint density at radius 2 is 1.71 bits per heavy atom. The highest BCUT2D eigenvalue weighted by Crippen LogP contribution is 2.50. The van der Waals surface area contributed by atoms with E-state index in [9.17, 15) is 14.4 Å². The van der Waals surface area contributed by atoms with Crippen LogP contribution in [0.2, 0.25) is 5.02 Å². The molecule has 3 saturated heterocycles. The average molecular weight is 489 g/mol. The third kappa shape index (κ3) is 4.20. The standard InChI is InChI=1S/C25H33ClN4O4/c1-24(21(31)30(23(33)27-24)13-12-28-14-16-34-17-15-28)18-6-10-29(11-7-18)22(32)25(8-9-25)19-2-4-20(26)5-3-19/h2-5,18H,6-17H2,1H3,(H,27,33). The number of piperidine rings is 1. The van der Waals surface area contributed by atoms with Crippen molar-refractivity contribution in [3.8, 4) is 0 Å². The van der Waals surface area contributed by atoms with Crippen molar-refractivity contribution in [2.24, 2.45) is 5.92 Å². The molecule has 3 aliphatic heterocycles. The zero-order valence-electron chi connectivity index (χ0n) is 19.7. The molecule has 34 heavy (non-hydrogen) atoms. The summed E-state index contributed by atoms with van der Waals surface area (Å²) in [7, 11) is 0. The minimum atomic E-state index is -0.912. The van der Waals surface area contributed by atoms with Gasteiger partial charge in [0.2, 0.25) is 5.91 Å². The van der Waals surface area contributed by atoms with Gasteiger partial charge in [-0.25, -0.2) is 4.79 Å². The maximum atomic E-state index is 13.4. The Balaban J connectivity index is 1.18. The van der Waals surface area contributed by atoms with Crippen molar-refractivity contribution in [1.29, 1.82) is 0 Å². The Morgan fingerprint density at radius 1 is 1.06 bits per heavy atom. The largest absolute Gasteiger partial charge is 0.379 e. The lowest BCUT2D eigenvalue weighted by molar-refractivity contribution is -0.137. The van der Waals surface area contributed by atoms with Crippen molar-refractivity contribution in [1.82, 2.24) is 20.0 Å². The van der Waals surface area contributed by atoms with Crippen LogP contribution in [0, 0.1) is 5.92 Å². The summed E-state index contributed by atoms with van der Waals surface area (Å²) in [5, 5.41) is 3.65. The first-order chi connectivity index (χ1) is 16.3. The van der Waals surface area contributed by atoms with Crippen LogP contribution in [0.1, 0.15) is 38.2 Å². The summed E-state index contributed by atoms with van der Waals surface area (Å²) in [5.74, 6) is 0.0368. The van der Waals surface area contributed by atoms with Gasteiger partial charge in [-0.15, -0.1) is 0 Å². The number of nitrogens with one attached hydrogen (secondary N) is 1. The third-order valence-electron chi connectivity index (χ3n) is 8.20. The van der Waals surface area contributed by atoms with Crippen LogP contribution in [-0.2, 0) is 19.7 Å². The number of carbonyl (C=O) groups excluding carboxylic acids is 3. The van der Waals surface area contributed by atoms with E-state index in [0.29, 0.717) is 57.3 Å². The number of carbonyl (C=O) groups is 3. The predicted octanol–water partition coefficient (Wildman–Crippen LogP) is 2.25. The number of rotatable bonds is 6. The quantitative estimate of drug-likeness (QED) is 0.621. The maximum Gasteiger partial charge on any atom is 0.325 e. The molecule has 0 radical (unpaired) electrons. The first-order valence-corrected chi connectivity index (χ1v) is 12.7. The second-order valence-corrected chi connectivity index (χ2v) is 10.6. The molecule has 1 N–H and O–H groups in total. The Labute approximate surface area is 205 Å². The smallest absolute Gasteiger partial charge is 0.325 e. The number of nitrogens with zero attached hydrogens (tertiary/aromatic N) is 3. The van der Waals surface area contributed by atoms with Crippen molar-refractivity contribution >= 4 is 29.4 Å². The highest BCUT2D eigenvalue weighted by Gasteiger charge is 2.56. The van der Waals surface area contributed by atoms with E-state index in [-0.39, 0.29) is 23.8 Å². The minimum absolute atomic E-state index is 0.00655. The van der Waals surface area contributed by atoms with Crippen LogP contribution in [-0.4, -0.2) is 90.6 Å². The Kier molecular flexibility index (Phi) is 6.33. The van der Waals surface area contributed by atoms with Crippen LogP contribution in [0.25, 0.3) is 0 Å². The lowest BCUT2D eigenvalue weighted by Gasteiger charge is -2.40. The molecule has 8 nitrogen and oxygen atoms in total. The van der Waals surface area contributed by atoms with E-state index < -0.39 is 11.0 Å². The molecule has 9 heteroatoms. The number of amides is 4. The molecule has 1 atom stereocenters. The van der Waals surface area contributed by atoms with Crippen LogP contribution < -0.4 is 5.32 Å². The number of morpholine rings is 1. The first kappa shape index (κ1) is 23.6. The normalized spacial score (nSPS) is 27.7. The minimum Gasteiger partial charge on any atom is -0.379 e. The molecule has 0 bridgehead atoms. The predicted molar refractivity (Wildman–Crippen MR) is 128 cm³/mol. The van der Waals surface area contributed by atoms with Crippen molar-refractivity contribution in [2.75, 3.05) is 52.5 Å². The van der Waals surface area contributed by atoms with Gasteiger partial charge in [-0.1, -0.05) is 23.7 Å². The van der Waals surface area contributed by atoms with Gasteiger partial charge in [0, 0.05) is 44.3 Å². The lowest BCUT2D eigenvalue weighted by Crippen LogP contribution is -2.55. The number of ether oxygens (including phenoxy) is 1. The Morgan fingerprint density at radius 3 is 2.32 bits per heavy atom. The molecule has 1 aromatic carbocycles. The summed E-state index contributed by atoms with van der Waals surface area (Å²) in [4.78, 5) is 44.9. The van der Waals surface area contributed by atoms with Crippen LogP contribution >= 0.6 is 11.6 Å². The van der Waals surface area contributed by atoms with Gasteiger partial charge in [0.15, 0.2) is 0 Å². The second-order valence-electron chi connectivity index (χ2n) is 10.2. The van der Waals surface area contributed by atoms with Gasteiger partial charge in [0.25, 0.3) is 5.91 Å². The molecule has 0 spiro atoms. The van der Waals surface area contributed by atoms with Crippen LogP contribution in [0.3, 0.4) is 0 Å². The van der Waals surface area contributed by atoms with Crippen molar-refractivity contribution < 1.29 is 19.1 Å². The topological polar surface area (TPSA) is 82.2 Å². The Hall–Kier alpha value is -2.16. The summed E-state index contributed by atoms with van der Waals surface area (Å²) in [6.45, 7) is 7.13. The zero-order valence-corrected chi connectivity index (χ0v) is 20.5. The van der Waals surface area contributed by atoms with E-state index in [0.717, 1.165) is 31.5 Å². The molecule has 4 fully saturated rings. The summed E-state index contributed by atoms with van der Waals surface area (Å²) in [6, 6.07) is 7.30. The number of hydrogen-bond acceptors (Lipinski definition) is 5. The number of hydrogen-bond donors (Lipinski definition) is 1. The number of benzene rings is 1. The van der Waals surface area contributed by atoms with Gasteiger partial charge in [-0.05, 0) is 56.2 Å². The van der Waals surface area contributed by atoms with Crippen LogP contribution in [0.15, 0.2) is 24.3 Å². The highest BCUT2D eigenvalue weighted by molar-refractivity contribution is 6.30. The molecular formula is C25H33ClN4O4. The maximum absolute atomic E-state index is 13.4. The van der Waals surface area contributed by atoms with Crippen molar-refractivity contribution in [2.45, 2.75) is 43.6 Å². The molecule has 1 aliphatic carbocycles. The van der Waals surface area contributed by atoms with E-state index in [2.05, 4.69) is 10.2 Å². The fraction of sp³-hybridized carbons (Fsp3) is 0.640. The number of halogens is 1. The molecule has 184 valence electrons. The van der Waals surface area contributed by atoms with E-state index in [1.54, 1.807) is 0 Å². The fourth-order valence-electron chi connectivity index (χ4n) is 5.74. The third-order valence-corrected chi connectivity index (χ3v) is 8.45. The average Bonchev–Trinajstić information content (AvgIpc) is 3.63. The van der Waals surface area contributed by atoms with Crippen LogP contribution in [0.5, 0.6) is 0 Å². The summed E-state index contributed by atoms with van der Waals surface area (Å²) in [5.41, 5.74) is -0.301. The van der Waals surface area contributed by atoms with E-state index in [1.807, 2.05) is 36.1 Å². The van der Waals surface area contributed by atoms with Gasteiger partial charge >= 0.3 is 6.03 Å². The van der Waals surface area contributed by atoms with Crippen LogP contribution in [0.4, 0.5) is 4.79 Å². The fourth-order valence-corrected chi connectivity index (χ4v) is 5.87. The number of urea groups is 1. The van der Waals surface area contributed by atoms with E-state index in [4.69, 9.17) is 16.3 Å². The van der Waals surface area contributed by atoms with Crippen molar-refractivity contribution in [3.05, 3.63) is 34.9 Å². The van der Waals surface area contributed by atoms with Gasteiger partial charge in [-0.2, -0.15) is 0 Å².